The predicted octanol–water partition coefficient (Wildman–Crippen LogP) is 2.70. The molecule has 0 amide bonds. The highest BCUT2D eigenvalue weighted by Crippen LogP contribution is 2.22. The molecule has 6 nitrogen and oxygen atoms in total. The van der Waals surface area contributed by atoms with Crippen molar-refractivity contribution in [1.82, 2.24) is 4.57 Å². The lowest BCUT2D eigenvalue weighted by Crippen LogP contribution is -2.02. The van der Waals surface area contributed by atoms with Gasteiger partial charge in [0.05, 0.1) is 10.5 Å². The normalized spacial score (nSPS) is 10.4. The number of hydrogen-bond acceptors (Lipinski definition) is 3. The first-order chi connectivity index (χ1) is 8.91. The number of carbonyl (C=O) groups is 1. The third-order valence-corrected chi connectivity index (χ3v) is 2.98. The first-order valence-corrected chi connectivity index (χ1v) is 5.59. The van der Waals surface area contributed by atoms with Gasteiger partial charge in [-0.25, -0.2) is 4.79 Å². The van der Waals surface area contributed by atoms with Gasteiger partial charge < -0.3 is 9.67 Å². The van der Waals surface area contributed by atoms with Crippen molar-refractivity contribution in [3.63, 3.8) is 0 Å². The van der Waals surface area contributed by atoms with Crippen molar-refractivity contribution in [3.8, 4) is 5.69 Å². The van der Waals surface area contributed by atoms with Crippen LogP contribution in [0.5, 0.6) is 0 Å². The van der Waals surface area contributed by atoms with Gasteiger partial charge in [-0.05, 0) is 32.0 Å². The summed E-state index contributed by atoms with van der Waals surface area (Å²) in [6.45, 7) is 3.50. The Morgan fingerprint density at radius 3 is 2.26 bits per heavy atom. The summed E-state index contributed by atoms with van der Waals surface area (Å²) in [5, 5.41) is 19.7. The Morgan fingerprint density at radius 1 is 1.26 bits per heavy atom. The fraction of sp³-hybridized carbons (Fsp3) is 0.154. The fourth-order valence-corrected chi connectivity index (χ4v) is 2.10. The molecule has 1 heterocycles. The van der Waals surface area contributed by atoms with Gasteiger partial charge in [0.2, 0.25) is 0 Å². The summed E-state index contributed by atoms with van der Waals surface area (Å²) >= 11 is 0. The first-order valence-electron chi connectivity index (χ1n) is 5.59. The van der Waals surface area contributed by atoms with Crippen LogP contribution < -0.4 is 0 Å². The third kappa shape index (κ3) is 2.20. The van der Waals surface area contributed by atoms with Crippen molar-refractivity contribution in [1.29, 1.82) is 0 Å². The van der Waals surface area contributed by atoms with E-state index in [1.54, 1.807) is 36.6 Å². The second kappa shape index (κ2) is 4.56. The summed E-state index contributed by atoms with van der Waals surface area (Å²) in [6, 6.07) is 7.58. The molecule has 0 saturated carbocycles. The first kappa shape index (κ1) is 12.8. The van der Waals surface area contributed by atoms with Gasteiger partial charge >= 0.3 is 5.97 Å². The zero-order valence-electron chi connectivity index (χ0n) is 10.5. The number of nitro benzene ring substituents is 1. The highest BCUT2D eigenvalue weighted by molar-refractivity contribution is 5.89. The van der Waals surface area contributed by atoms with Gasteiger partial charge in [0.15, 0.2) is 0 Å². The summed E-state index contributed by atoms with van der Waals surface area (Å²) in [4.78, 5) is 21.2. The lowest BCUT2D eigenvalue weighted by atomic mass is 10.2. The standard InChI is InChI=1S/C13H12N2O4/c1-8-7-12(13(16)17)9(2)14(8)10-3-5-11(6-4-10)15(18)19/h3-7H,1-2H3,(H,16,17). The third-order valence-electron chi connectivity index (χ3n) is 2.98. The predicted molar refractivity (Wildman–Crippen MR) is 68.9 cm³/mol. The van der Waals surface area contributed by atoms with E-state index in [1.165, 1.54) is 12.1 Å². The van der Waals surface area contributed by atoms with Crippen LogP contribution >= 0.6 is 0 Å². The van der Waals surface area contributed by atoms with E-state index in [4.69, 9.17) is 5.11 Å². The molecule has 0 spiro atoms. The van der Waals surface area contributed by atoms with Crippen LogP contribution in [0.25, 0.3) is 5.69 Å². The Bertz CT molecular complexity index is 656. The average molecular weight is 260 g/mol. The molecule has 1 aromatic heterocycles. The van der Waals surface area contributed by atoms with E-state index < -0.39 is 10.9 Å². The van der Waals surface area contributed by atoms with Crippen molar-refractivity contribution in [3.05, 3.63) is 57.4 Å². The van der Waals surface area contributed by atoms with Crippen molar-refractivity contribution < 1.29 is 14.8 Å². The van der Waals surface area contributed by atoms with E-state index >= 15 is 0 Å². The smallest absolute Gasteiger partial charge is 0.337 e. The number of aryl methyl sites for hydroxylation is 1. The minimum atomic E-state index is -0.985. The summed E-state index contributed by atoms with van der Waals surface area (Å²) < 4.78 is 1.76. The molecule has 2 aromatic rings. The van der Waals surface area contributed by atoms with Crippen molar-refractivity contribution >= 4 is 11.7 Å². The Kier molecular flexibility index (Phi) is 3.08. The zero-order chi connectivity index (χ0) is 14.2. The molecule has 98 valence electrons. The Balaban J connectivity index is 2.53. The van der Waals surface area contributed by atoms with E-state index in [1.807, 2.05) is 0 Å². The maximum absolute atomic E-state index is 11.1. The number of aromatic nitrogens is 1. The number of benzene rings is 1. The average Bonchev–Trinajstić information content (AvgIpc) is 2.65. The maximum Gasteiger partial charge on any atom is 0.337 e. The van der Waals surface area contributed by atoms with Gasteiger partial charge in [-0.2, -0.15) is 0 Å². The van der Waals surface area contributed by atoms with Gasteiger partial charge in [-0.15, -0.1) is 0 Å². The van der Waals surface area contributed by atoms with Crippen LogP contribution in [-0.4, -0.2) is 20.6 Å². The summed E-state index contributed by atoms with van der Waals surface area (Å²) in [6.07, 6.45) is 0. The second-order valence-corrected chi connectivity index (χ2v) is 4.20. The fourth-order valence-electron chi connectivity index (χ4n) is 2.10. The summed E-state index contributed by atoms with van der Waals surface area (Å²) in [5.74, 6) is -0.985. The molecule has 1 N–H and O–H groups in total. The topological polar surface area (TPSA) is 85.4 Å². The van der Waals surface area contributed by atoms with Gasteiger partial charge in [0.1, 0.15) is 0 Å². The summed E-state index contributed by atoms with van der Waals surface area (Å²) in [5.41, 5.74) is 2.30. The monoisotopic (exact) mass is 260 g/mol. The lowest BCUT2D eigenvalue weighted by Gasteiger charge is -2.09. The van der Waals surface area contributed by atoms with Crippen LogP contribution in [0.1, 0.15) is 21.7 Å². The molecule has 0 unspecified atom stereocenters. The van der Waals surface area contributed by atoms with Crippen LogP contribution in [0.4, 0.5) is 5.69 Å². The van der Waals surface area contributed by atoms with Crippen LogP contribution in [0.3, 0.4) is 0 Å². The highest BCUT2D eigenvalue weighted by atomic mass is 16.6. The van der Waals surface area contributed by atoms with E-state index in [9.17, 15) is 14.9 Å². The molecule has 0 fully saturated rings. The molecular weight excluding hydrogens is 248 g/mol. The van der Waals surface area contributed by atoms with Gasteiger partial charge in [0.25, 0.3) is 5.69 Å². The molecule has 0 aliphatic carbocycles. The molecule has 19 heavy (non-hydrogen) atoms. The molecular formula is C13H12N2O4. The summed E-state index contributed by atoms with van der Waals surface area (Å²) in [7, 11) is 0. The number of rotatable bonds is 3. The molecule has 0 aliphatic heterocycles. The number of nitro groups is 1. The minimum absolute atomic E-state index is 0.00432. The molecule has 0 radical (unpaired) electrons. The molecule has 2 rings (SSSR count). The molecule has 0 aliphatic rings. The molecule has 0 saturated heterocycles. The Morgan fingerprint density at radius 2 is 1.84 bits per heavy atom. The molecule has 0 bridgehead atoms. The van der Waals surface area contributed by atoms with E-state index in [2.05, 4.69) is 0 Å². The second-order valence-electron chi connectivity index (χ2n) is 4.20. The number of nitrogens with zero attached hydrogens (tertiary/aromatic N) is 2. The Labute approximate surface area is 109 Å². The molecule has 1 aromatic carbocycles. The molecule has 0 atom stereocenters. The highest BCUT2D eigenvalue weighted by Gasteiger charge is 2.16. The van der Waals surface area contributed by atoms with Gasteiger partial charge in [-0.1, -0.05) is 0 Å². The quantitative estimate of drug-likeness (QED) is 0.679. The number of hydrogen-bond donors (Lipinski definition) is 1. The van der Waals surface area contributed by atoms with Crippen molar-refractivity contribution in [2.75, 3.05) is 0 Å². The SMILES string of the molecule is Cc1cc(C(=O)O)c(C)n1-c1ccc([N+](=O)[O-])cc1. The van der Waals surface area contributed by atoms with Crippen LogP contribution in [0.2, 0.25) is 0 Å². The number of non-ortho nitro benzene ring substituents is 1. The van der Waals surface area contributed by atoms with E-state index in [0.717, 1.165) is 5.69 Å². The number of carboxylic acids is 1. The van der Waals surface area contributed by atoms with Crippen LogP contribution in [-0.2, 0) is 0 Å². The van der Waals surface area contributed by atoms with Crippen molar-refractivity contribution in [2.45, 2.75) is 13.8 Å². The van der Waals surface area contributed by atoms with Gasteiger partial charge in [-0.3, -0.25) is 10.1 Å². The lowest BCUT2D eigenvalue weighted by molar-refractivity contribution is -0.384. The maximum atomic E-state index is 11.1. The minimum Gasteiger partial charge on any atom is -0.478 e. The largest absolute Gasteiger partial charge is 0.478 e. The number of aromatic carboxylic acids is 1. The van der Waals surface area contributed by atoms with E-state index in [0.29, 0.717) is 11.4 Å². The number of carboxylic acid groups (broad SMARTS) is 1. The van der Waals surface area contributed by atoms with Gasteiger partial charge in [0, 0.05) is 29.2 Å². The zero-order valence-corrected chi connectivity index (χ0v) is 10.5. The molecule has 6 heteroatoms. The van der Waals surface area contributed by atoms with E-state index in [-0.39, 0.29) is 11.3 Å². The van der Waals surface area contributed by atoms with Crippen LogP contribution in [0.15, 0.2) is 30.3 Å². The Hall–Kier alpha value is -2.63. The van der Waals surface area contributed by atoms with Crippen molar-refractivity contribution in [2.24, 2.45) is 0 Å². The van der Waals surface area contributed by atoms with Crippen LogP contribution in [0, 0.1) is 24.0 Å².